The van der Waals surface area contributed by atoms with Crippen molar-refractivity contribution in [3.63, 3.8) is 0 Å². The molecular weight excluding hydrogens is 373 g/mol. The smallest absolute Gasteiger partial charge is 0.244 e. The molecule has 0 spiro atoms. The van der Waals surface area contributed by atoms with Crippen LogP contribution in [0.4, 0.5) is 11.4 Å². The number of hydrogen-bond acceptors (Lipinski definition) is 3. The van der Waals surface area contributed by atoms with Crippen molar-refractivity contribution in [2.75, 3.05) is 10.2 Å². The van der Waals surface area contributed by atoms with E-state index in [1.807, 2.05) is 36.4 Å². The van der Waals surface area contributed by atoms with Gasteiger partial charge in [0, 0.05) is 16.4 Å². The Labute approximate surface area is 162 Å². The number of nitrogens with one attached hydrogen (secondary N) is 1. The van der Waals surface area contributed by atoms with Gasteiger partial charge in [0.2, 0.25) is 11.8 Å². The molecule has 2 aromatic rings. The number of rotatable bonds is 4. The summed E-state index contributed by atoms with van der Waals surface area (Å²) in [7, 11) is 0. The largest absolute Gasteiger partial charge is 0.324 e. The van der Waals surface area contributed by atoms with E-state index in [0.717, 1.165) is 29.7 Å². The van der Waals surface area contributed by atoms with Gasteiger partial charge in [0.15, 0.2) is 0 Å². The minimum Gasteiger partial charge on any atom is -0.324 e. The Morgan fingerprint density at radius 2 is 1.88 bits per heavy atom. The molecule has 1 aliphatic heterocycles. The highest BCUT2D eigenvalue weighted by Gasteiger charge is 2.45. The first kappa shape index (κ1) is 18.7. The number of carbonyl (C=O) groups excluding carboxylic acids is 2. The molecule has 1 saturated carbocycles. The van der Waals surface area contributed by atoms with Crippen LogP contribution in [-0.4, -0.2) is 17.4 Å². The van der Waals surface area contributed by atoms with E-state index < -0.39 is 5.54 Å². The summed E-state index contributed by atoms with van der Waals surface area (Å²) in [4.78, 5) is 26.0. The number of fused-ring (bicyclic) bond motifs is 1. The fourth-order valence-electron chi connectivity index (χ4n) is 3.00. The molecule has 26 heavy (non-hydrogen) atoms. The number of amides is 2. The Balaban J connectivity index is 0.00000196. The number of nitrogens with two attached hydrogens (primary N) is 1. The number of nitrogens with zero attached hydrogens (tertiary/aromatic N) is 1. The summed E-state index contributed by atoms with van der Waals surface area (Å²) >= 11 is 6.06. The average Bonchev–Trinajstić information content (AvgIpc) is 3.27. The maximum absolute atomic E-state index is 12.3. The topological polar surface area (TPSA) is 75.4 Å². The molecule has 136 valence electrons. The highest BCUT2D eigenvalue weighted by molar-refractivity contribution is 6.31. The molecule has 1 fully saturated rings. The van der Waals surface area contributed by atoms with Crippen LogP contribution in [0.2, 0.25) is 5.02 Å². The Bertz CT molecular complexity index is 864. The average molecular weight is 392 g/mol. The van der Waals surface area contributed by atoms with E-state index in [-0.39, 0.29) is 24.2 Å². The van der Waals surface area contributed by atoms with Crippen molar-refractivity contribution in [2.24, 2.45) is 5.73 Å². The first-order chi connectivity index (χ1) is 11.9. The summed E-state index contributed by atoms with van der Waals surface area (Å²) in [6.45, 7) is 0.473. The van der Waals surface area contributed by atoms with Crippen molar-refractivity contribution in [3.05, 3.63) is 58.6 Å². The summed E-state index contributed by atoms with van der Waals surface area (Å²) in [5.74, 6) is -0.0769. The summed E-state index contributed by atoms with van der Waals surface area (Å²) in [6, 6.07) is 13.0. The molecule has 3 N–H and O–H groups in total. The van der Waals surface area contributed by atoms with Crippen LogP contribution in [-0.2, 0) is 22.6 Å². The Morgan fingerprint density at radius 1 is 1.19 bits per heavy atom. The molecule has 0 bridgehead atoms. The van der Waals surface area contributed by atoms with Crippen LogP contribution in [0, 0.1) is 0 Å². The highest BCUT2D eigenvalue weighted by atomic mass is 35.5. The molecule has 7 heteroatoms. The van der Waals surface area contributed by atoms with Gasteiger partial charge in [-0.3, -0.25) is 9.59 Å². The lowest BCUT2D eigenvalue weighted by Crippen LogP contribution is -2.37. The maximum atomic E-state index is 12.3. The van der Waals surface area contributed by atoms with Crippen LogP contribution in [0.1, 0.15) is 24.0 Å². The zero-order valence-electron chi connectivity index (χ0n) is 14.0. The second kappa shape index (κ2) is 6.91. The molecule has 4 rings (SSSR count). The molecule has 5 nitrogen and oxygen atoms in total. The van der Waals surface area contributed by atoms with Crippen molar-refractivity contribution in [1.29, 1.82) is 0 Å². The van der Waals surface area contributed by atoms with Crippen molar-refractivity contribution >= 4 is 47.2 Å². The molecule has 0 saturated heterocycles. The van der Waals surface area contributed by atoms with Gasteiger partial charge in [0.25, 0.3) is 0 Å². The minimum absolute atomic E-state index is 0. The van der Waals surface area contributed by atoms with Gasteiger partial charge in [0.05, 0.1) is 18.5 Å². The first-order valence-corrected chi connectivity index (χ1v) is 8.60. The molecule has 2 aliphatic rings. The summed E-state index contributed by atoms with van der Waals surface area (Å²) < 4.78 is 0. The summed E-state index contributed by atoms with van der Waals surface area (Å²) in [6.07, 6.45) is 1.87. The molecule has 0 unspecified atom stereocenters. The first-order valence-electron chi connectivity index (χ1n) is 8.23. The van der Waals surface area contributed by atoms with E-state index in [1.165, 1.54) is 0 Å². The third-order valence-corrected chi connectivity index (χ3v) is 5.01. The lowest BCUT2D eigenvalue weighted by atomic mass is 10.1. The predicted octanol–water partition coefficient (Wildman–Crippen LogP) is 3.28. The Morgan fingerprint density at radius 3 is 2.54 bits per heavy atom. The molecule has 2 amide bonds. The molecule has 0 atom stereocenters. The van der Waals surface area contributed by atoms with Crippen LogP contribution in [0.3, 0.4) is 0 Å². The van der Waals surface area contributed by atoms with Crippen LogP contribution in [0.15, 0.2) is 42.5 Å². The molecule has 0 radical (unpaired) electrons. The van der Waals surface area contributed by atoms with Crippen molar-refractivity contribution < 1.29 is 9.59 Å². The van der Waals surface area contributed by atoms with Crippen LogP contribution >= 0.6 is 24.0 Å². The summed E-state index contributed by atoms with van der Waals surface area (Å²) in [5.41, 5.74) is 8.75. The van der Waals surface area contributed by atoms with Gasteiger partial charge in [-0.2, -0.15) is 0 Å². The predicted molar refractivity (Wildman–Crippen MR) is 105 cm³/mol. The van der Waals surface area contributed by atoms with E-state index in [9.17, 15) is 9.59 Å². The molecule has 2 aromatic carbocycles. The van der Waals surface area contributed by atoms with E-state index in [1.54, 1.807) is 11.0 Å². The zero-order chi connectivity index (χ0) is 17.6. The second-order valence-electron chi connectivity index (χ2n) is 6.74. The van der Waals surface area contributed by atoms with E-state index in [0.29, 0.717) is 23.7 Å². The van der Waals surface area contributed by atoms with Crippen LogP contribution in [0.5, 0.6) is 0 Å². The van der Waals surface area contributed by atoms with E-state index in [4.69, 9.17) is 17.3 Å². The summed E-state index contributed by atoms with van der Waals surface area (Å²) in [5, 5.41) is 3.45. The van der Waals surface area contributed by atoms with Crippen LogP contribution in [0.25, 0.3) is 0 Å². The zero-order valence-corrected chi connectivity index (χ0v) is 15.6. The van der Waals surface area contributed by atoms with Crippen molar-refractivity contribution in [3.8, 4) is 0 Å². The number of halogens is 2. The quantitative estimate of drug-likeness (QED) is 0.839. The standard InChI is InChI=1S/C19H18ClN3O2.ClH/c20-14-4-3-13-9-17(24)23(16(13)10-14)11-12-1-5-15(6-2-12)22-18(25)19(21)7-8-19;/h1-6,10H,7-9,11,21H2,(H,22,25);1H. The normalized spacial score (nSPS) is 16.7. The Hall–Kier alpha value is -2.08. The lowest BCUT2D eigenvalue weighted by Gasteiger charge is -2.18. The maximum Gasteiger partial charge on any atom is 0.244 e. The molecular formula is C19H19Cl2N3O2. The third-order valence-electron chi connectivity index (χ3n) is 4.77. The van der Waals surface area contributed by atoms with Crippen molar-refractivity contribution in [1.82, 2.24) is 0 Å². The highest BCUT2D eigenvalue weighted by Crippen LogP contribution is 2.34. The van der Waals surface area contributed by atoms with Gasteiger partial charge in [-0.05, 0) is 48.2 Å². The number of carbonyl (C=O) groups is 2. The molecule has 1 heterocycles. The lowest BCUT2D eigenvalue weighted by molar-refractivity contribution is -0.118. The second-order valence-corrected chi connectivity index (χ2v) is 7.17. The monoisotopic (exact) mass is 391 g/mol. The molecule has 1 aliphatic carbocycles. The van der Waals surface area contributed by atoms with E-state index >= 15 is 0 Å². The fourth-order valence-corrected chi connectivity index (χ4v) is 3.16. The van der Waals surface area contributed by atoms with Gasteiger partial charge in [-0.25, -0.2) is 0 Å². The van der Waals surface area contributed by atoms with Gasteiger partial charge in [0.1, 0.15) is 0 Å². The number of benzene rings is 2. The SMILES string of the molecule is Cl.NC1(C(=O)Nc2ccc(CN3C(=O)Cc4ccc(Cl)cc43)cc2)CC1. The minimum atomic E-state index is -0.691. The van der Waals surface area contributed by atoms with Gasteiger partial charge < -0.3 is 16.0 Å². The van der Waals surface area contributed by atoms with Crippen LogP contribution < -0.4 is 16.0 Å². The number of anilines is 2. The van der Waals surface area contributed by atoms with Gasteiger partial charge in [-0.15, -0.1) is 12.4 Å². The van der Waals surface area contributed by atoms with Crippen molar-refractivity contribution in [2.45, 2.75) is 31.3 Å². The Kier molecular flexibility index (Phi) is 4.97. The third kappa shape index (κ3) is 3.56. The van der Waals surface area contributed by atoms with Gasteiger partial charge in [-0.1, -0.05) is 29.8 Å². The number of hydrogen-bond donors (Lipinski definition) is 2. The van der Waals surface area contributed by atoms with Gasteiger partial charge >= 0.3 is 0 Å². The molecule has 0 aromatic heterocycles. The van der Waals surface area contributed by atoms with E-state index in [2.05, 4.69) is 5.32 Å². The fraction of sp³-hybridized carbons (Fsp3) is 0.263.